The van der Waals surface area contributed by atoms with Gasteiger partial charge in [-0.2, -0.15) is 13.2 Å². The lowest BCUT2D eigenvalue weighted by Crippen LogP contribution is -2.30. The van der Waals surface area contributed by atoms with E-state index in [1.54, 1.807) is 0 Å². The number of halogens is 7. The van der Waals surface area contributed by atoms with Crippen molar-refractivity contribution < 1.29 is 31.9 Å². The first-order chi connectivity index (χ1) is 14.5. The van der Waals surface area contributed by atoms with Crippen molar-refractivity contribution in [3.8, 4) is 16.9 Å². The van der Waals surface area contributed by atoms with E-state index in [4.69, 9.17) is 44.4 Å². The third kappa shape index (κ3) is 5.97. The SMILES string of the molecule is CON(C)C(=O)COc1cc(-c2c(CCCl)[nH]c(C(F)(F)F)c2CCCl)c(F)cc1Cl. The van der Waals surface area contributed by atoms with E-state index in [1.165, 1.54) is 14.2 Å². The molecule has 1 heterocycles. The molecule has 1 aromatic heterocycles. The molecule has 0 aliphatic heterocycles. The van der Waals surface area contributed by atoms with Gasteiger partial charge >= 0.3 is 6.18 Å². The van der Waals surface area contributed by atoms with Gasteiger partial charge in [-0.15, -0.1) is 23.2 Å². The summed E-state index contributed by atoms with van der Waals surface area (Å²) in [6.45, 7) is -0.487. The number of rotatable bonds is 9. The molecule has 0 atom stereocenters. The maximum atomic E-state index is 14.8. The normalized spacial score (nSPS) is 11.6. The van der Waals surface area contributed by atoms with Crippen LogP contribution in [0, 0.1) is 5.82 Å². The highest BCUT2D eigenvalue weighted by Gasteiger charge is 2.38. The van der Waals surface area contributed by atoms with Crippen LogP contribution in [0.4, 0.5) is 17.6 Å². The number of hydrogen-bond acceptors (Lipinski definition) is 3. The van der Waals surface area contributed by atoms with Gasteiger partial charge in [0.05, 0.1) is 12.1 Å². The first-order valence-corrected chi connectivity index (χ1v) is 10.4. The Balaban J connectivity index is 2.61. The van der Waals surface area contributed by atoms with Gasteiger partial charge in [0, 0.05) is 42.0 Å². The number of ether oxygens (including phenoxy) is 1. The molecular weight excluding hydrogens is 487 g/mol. The van der Waals surface area contributed by atoms with Crippen molar-refractivity contribution in [2.75, 3.05) is 32.5 Å². The molecule has 0 spiro atoms. The molecule has 2 aromatic rings. The van der Waals surface area contributed by atoms with Gasteiger partial charge in [-0.1, -0.05) is 11.6 Å². The summed E-state index contributed by atoms with van der Waals surface area (Å²) in [7, 11) is 2.64. The molecule has 0 unspecified atom stereocenters. The van der Waals surface area contributed by atoms with Gasteiger partial charge in [0.2, 0.25) is 0 Å². The number of hydroxylamine groups is 2. The van der Waals surface area contributed by atoms with E-state index in [-0.39, 0.29) is 57.8 Å². The van der Waals surface area contributed by atoms with Crippen molar-refractivity contribution in [3.05, 3.63) is 39.9 Å². The largest absolute Gasteiger partial charge is 0.482 e. The summed E-state index contributed by atoms with van der Waals surface area (Å²) in [4.78, 5) is 18.9. The number of aromatic amines is 1. The Labute approximate surface area is 191 Å². The fourth-order valence-electron chi connectivity index (χ4n) is 2.95. The molecule has 0 saturated heterocycles. The molecule has 1 aromatic carbocycles. The number of hydrogen-bond donors (Lipinski definition) is 1. The van der Waals surface area contributed by atoms with Crippen LogP contribution in [0.25, 0.3) is 11.1 Å². The second kappa shape index (κ2) is 10.8. The third-order valence-corrected chi connectivity index (χ3v) is 5.09. The van der Waals surface area contributed by atoms with Gasteiger partial charge in [0.25, 0.3) is 5.91 Å². The highest BCUT2D eigenvalue weighted by atomic mass is 35.5. The van der Waals surface area contributed by atoms with E-state index in [9.17, 15) is 22.4 Å². The average Bonchev–Trinajstić information content (AvgIpc) is 3.05. The van der Waals surface area contributed by atoms with Gasteiger partial charge < -0.3 is 9.72 Å². The van der Waals surface area contributed by atoms with Gasteiger partial charge in [0.1, 0.15) is 17.3 Å². The topological polar surface area (TPSA) is 54.6 Å². The maximum Gasteiger partial charge on any atom is 0.431 e. The Morgan fingerprint density at radius 2 is 1.84 bits per heavy atom. The van der Waals surface area contributed by atoms with Crippen LogP contribution >= 0.6 is 34.8 Å². The molecule has 172 valence electrons. The number of aryl methyl sites for hydroxylation is 1. The molecule has 1 amide bonds. The fourth-order valence-corrected chi connectivity index (χ4v) is 3.54. The van der Waals surface area contributed by atoms with Crippen LogP contribution < -0.4 is 4.74 Å². The van der Waals surface area contributed by atoms with Crippen LogP contribution in [0.5, 0.6) is 5.75 Å². The predicted molar refractivity (Wildman–Crippen MR) is 110 cm³/mol. The van der Waals surface area contributed by atoms with Gasteiger partial charge in [0.15, 0.2) is 6.61 Å². The van der Waals surface area contributed by atoms with E-state index in [0.29, 0.717) is 0 Å². The zero-order valence-electron chi connectivity index (χ0n) is 16.5. The van der Waals surface area contributed by atoms with E-state index in [1.807, 2.05) is 0 Å². The number of aromatic nitrogens is 1. The quantitative estimate of drug-likeness (QED) is 0.280. The molecule has 31 heavy (non-hydrogen) atoms. The predicted octanol–water partition coefficient (Wildman–Crippen LogP) is 5.45. The molecule has 5 nitrogen and oxygen atoms in total. The number of alkyl halides is 5. The number of likely N-dealkylation sites (N-methyl/N-ethyl adjacent to an activating group) is 1. The Morgan fingerprint density at radius 3 is 2.39 bits per heavy atom. The minimum atomic E-state index is -4.71. The summed E-state index contributed by atoms with van der Waals surface area (Å²) in [5.74, 6) is -1.63. The van der Waals surface area contributed by atoms with Crippen LogP contribution in [0.3, 0.4) is 0 Å². The van der Waals surface area contributed by atoms with Crippen LogP contribution in [0.1, 0.15) is 17.0 Å². The van der Waals surface area contributed by atoms with Gasteiger partial charge in [-0.25, -0.2) is 9.45 Å². The minimum Gasteiger partial charge on any atom is -0.482 e. The second-order valence-electron chi connectivity index (χ2n) is 6.33. The Morgan fingerprint density at radius 1 is 1.19 bits per heavy atom. The molecule has 1 N–H and O–H groups in total. The number of amides is 1. The zero-order valence-corrected chi connectivity index (χ0v) is 18.8. The van der Waals surface area contributed by atoms with Crippen molar-refractivity contribution in [2.45, 2.75) is 19.0 Å². The van der Waals surface area contributed by atoms with Crippen LogP contribution in [0.2, 0.25) is 5.02 Å². The summed E-state index contributed by atoms with van der Waals surface area (Å²) < 4.78 is 61.0. The van der Waals surface area contributed by atoms with E-state index >= 15 is 0 Å². The smallest absolute Gasteiger partial charge is 0.431 e. The summed E-state index contributed by atoms with van der Waals surface area (Å²) in [6, 6.07) is 2.06. The summed E-state index contributed by atoms with van der Waals surface area (Å²) in [5, 5.41) is 0.760. The average molecular weight is 506 g/mol. The lowest BCUT2D eigenvalue weighted by atomic mass is 9.96. The van der Waals surface area contributed by atoms with Crippen molar-refractivity contribution in [1.82, 2.24) is 10.0 Å². The lowest BCUT2D eigenvalue weighted by molar-refractivity contribution is -0.170. The van der Waals surface area contributed by atoms with Crippen LogP contribution in [-0.2, 0) is 28.7 Å². The fraction of sp³-hybridized carbons (Fsp3) is 0.421. The van der Waals surface area contributed by atoms with E-state index in [0.717, 1.165) is 17.2 Å². The van der Waals surface area contributed by atoms with E-state index in [2.05, 4.69) is 4.98 Å². The molecule has 0 fully saturated rings. The van der Waals surface area contributed by atoms with Crippen molar-refractivity contribution >= 4 is 40.7 Å². The molecule has 0 aliphatic carbocycles. The third-order valence-electron chi connectivity index (χ3n) is 4.42. The monoisotopic (exact) mass is 504 g/mol. The Bertz CT molecular complexity index is 935. The summed E-state index contributed by atoms with van der Waals surface area (Å²) >= 11 is 17.5. The molecule has 0 saturated carbocycles. The molecule has 0 bridgehead atoms. The van der Waals surface area contributed by atoms with Gasteiger partial charge in [-0.05, 0) is 24.1 Å². The first-order valence-electron chi connectivity index (χ1n) is 8.90. The highest BCUT2D eigenvalue weighted by Crippen LogP contribution is 2.42. The van der Waals surface area contributed by atoms with Crippen molar-refractivity contribution in [1.29, 1.82) is 0 Å². The summed E-state index contributed by atoms with van der Waals surface area (Å²) in [6.07, 6.45) is -4.85. The second-order valence-corrected chi connectivity index (χ2v) is 7.50. The van der Waals surface area contributed by atoms with Crippen molar-refractivity contribution in [2.24, 2.45) is 0 Å². The van der Waals surface area contributed by atoms with Crippen molar-refractivity contribution in [3.63, 3.8) is 0 Å². The molecule has 0 aliphatic rings. The Hall–Kier alpha value is -1.68. The standard InChI is InChI=1S/C19H19Cl3F4N2O3/c1-28(30-2)16(29)9-31-15-7-11(13(23)8-12(15)22)17-10(3-5-20)18(19(24,25)26)27-14(17)4-6-21/h7-8,27H,3-6,9H2,1-2H3. The first kappa shape index (κ1) is 25.6. The van der Waals surface area contributed by atoms with E-state index < -0.39 is 30.2 Å². The minimum absolute atomic E-state index is 0.00153. The lowest BCUT2D eigenvalue weighted by Gasteiger charge is -2.16. The number of benzene rings is 1. The molecule has 2 rings (SSSR count). The van der Waals surface area contributed by atoms with Gasteiger partial charge in [-0.3, -0.25) is 9.63 Å². The van der Waals surface area contributed by atoms with Crippen LogP contribution in [-0.4, -0.2) is 48.5 Å². The number of carbonyl (C=O) groups is 1. The number of nitrogens with one attached hydrogen (secondary N) is 1. The molecular formula is C19H19Cl3F4N2O3. The number of H-pyrrole nitrogens is 1. The Kier molecular flexibility index (Phi) is 8.88. The number of nitrogens with zero attached hydrogens (tertiary/aromatic N) is 1. The van der Waals surface area contributed by atoms with Crippen LogP contribution in [0.15, 0.2) is 12.1 Å². The maximum absolute atomic E-state index is 14.8. The number of carbonyl (C=O) groups excluding carboxylic acids is 1. The highest BCUT2D eigenvalue weighted by molar-refractivity contribution is 6.32. The molecule has 12 heteroatoms. The zero-order chi connectivity index (χ0) is 23.3. The summed E-state index contributed by atoms with van der Waals surface area (Å²) in [5.41, 5.74) is -1.29. The molecule has 0 radical (unpaired) electrons.